The molecule has 5 heteroatoms. The topological polar surface area (TPSA) is 41.8 Å². The quantitative estimate of drug-likeness (QED) is 0.785. The van der Waals surface area contributed by atoms with Crippen LogP contribution in [0.25, 0.3) is 16.9 Å². The normalized spacial score (nSPS) is 15.9. The molecule has 26 heavy (non-hydrogen) atoms. The smallest absolute Gasteiger partial charge is 0.137 e. The lowest BCUT2D eigenvalue weighted by Crippen LogP contribution is -2.28. The van der Waals surface area contributed by atoms with Gasteiger partial charge >= 0.3 is 0 Å². The highest BCUT2D eigenvalue weighted by molar-refractivity contribution is 5.67. The number of fused-ring (bicyclic) bond motifs is 1. The monoisotopic (exact) mass is 350 g/mol. The van der Waals surface area contributed by atoms with Crippen LogP contribution in [0.3, 0.4) is 0 Å². The number of rotatable bonds is 4. The Morgan fingerprint density at radius 2 is 1.92 bits per heavy atom. The Balaban J connectivity index is 1.77. The van der Waals surface area contributed by atoms with Crippen LogP contribution in [-0.4, -0.2) is 47.6 Å². The number of methoxy groups -OCH3 is 1. The molecular weight excluding hydrogens is 324 g/mol. The predicted molar refractivity (Wildman–Crippen MR) is 105 cm³/mol. The number of aryl methyl sites for hydroxylation is 1. The zero-order valence-electron chi connectivity index (χ0n) is 15.5. The fraction of sp³-hybridized carbons (Fsp3) is 0.381. The molecule has 1 aliphatic rings. The molecule has 0 spiro atoms. The summed E-state index contributed by atoms with van der Waals surface area (Å²) in [6.45, 7) is 7.39. The molecule has 0 bridgehead atoms. The average molecular weight is 350 g/mol. The minimum absolute atomic E-state index is 0.869. The summed E-state index contributed by atoms with van der Waals surface area (Å²) in [6, 6.07) is 12.4. The van der Waals surface area contributed by atoms with Crippen molar-refractivity contribution in [1.29, 1.82) is 0 Å². The van der Waals surface area contributed by atoms with Crippen LogP contribution in [0.4, 0.5) is 0 Å². The number of pyridine rings is 1. The van der Waals surface area contributed by atoms with Gasteiger partial charge in [-0.2, -0.15) is 0 Å². The fourth-order valence-electron chi connectivity index (χ4n) is 3.60. The van der Waals surface area contributed by atoms with Gasteiger partial charge in [0.05, 0.1) is 18.5 Å². The maximum absolute atomic E-state index is 5.30. The molecule has 0 unspecified atom stereocenters. The molecule has 0 aliphatic carbocycles. The van der Waals surface area contributed by atoms with E-state index in [1.54, 1.807) is 7.11 Å². The second kappa shape index (κ2) is 7.48. The molecule has 1 N–H and O–H groups in total. The van der Waals surface area contributed by atoms with E-state index in [9.17, 15) is 0 Å². The lowest BCUT2D eigenvalue weighted by atomic mass is 10.1. The van der Waals surface area contributed by atoms with E-state index in [4.69, 9.17) is 9.72 Å². The van der Waals surface area contributed by atoms with Crippen molar-refractivity contribution in [2.45, 2.75) is 19.9 Å². The zero-order chi connectivity index (χ0) is 17.9. The SMILES string of the molecule is COc1ccc(-c2nc3ccc(C)cn3c2CN2CCCNCC2)cc1. The molecule has 136 valence electrons. The molecule has 0 atom stereocenters. The second-order valence-corrected chi connectivity index (χ2v) is 6.95. The lowest BCUT2D eigenvalue weighted by Gasteiger charge is -2.20. The van der Waals surface area contributed by atoms with Gasteiger partial charge in [0, 0.05) is 31.4 Å². The Hall–Kier alpha value is -2.37. The molecule has 1 aliphatic heterocycles. The van der Waals surface area contributed by atoms with Crippen LogP contribution in [0.2, 0.25) is 0 Å². The fourth-order valence-corrected chi connectivity index (χ4v) is 3.60. The van der Waals surface area contributed by atoms with Crippen LogP contribution in [0.15, 0.2) is 42.6 Å². The van der Waals surface area contributed by atoms with Crippen LogP contribution in [0, 0.1) is 6.92 Å². The maximum atomic E-state index is 5.30. The first-order valence-electron chi connectivity index (χ1n) is 9.30. The molecule has 0 radical (unpaired) electrons. The number of nitrogens with one attached hydrogen (secondary N) is 1. The van der Waals surface area contributed by atoms with Gasteiger partial charge in [0.1, 0.15) is 11.4 Å². The van der Waals surface area contributed by atoms with Gasteiger partial charge in [0.25, 0.3) is 0 Å². The third kappa shape index (κ3) is 3.45. The van der Waals surface area contributed by atoms with Crippen molar-refractivity contribution < 1.29 is 4.74 Å². The van der Waals surface area contributed by atoms with E-state index >= 15 is 0 Å². The van der Waals surface area contributed by atoms with Crippen molar-refractivity contribution in [2.24, 2.45) is 0 Å². The molecule has 0 amide bonds. The maximum Gasteiger partial charge on any atom is 0.137 e. The first-order chi connectivity index (χ1) is 12.7. The zero-order valence-corrected chi connectivity index (χ0v) is 15.5. The Morgan fingerprint density at radius 1 is 1.08 bits per heavy atom. The number of nitrogens with zero attached hydrogens (tertiary/aromatic N) is 3. The standard InChI is InChI=1S/C21H26N4O/c1-16-4-9-20-23-21(17-5-7-18(26-2)8-6-17)19(25(20)14-16)15-24-12-3-10-22-11-13-24/h4-9,14,22H,3,10-13,15H2,1-2H3. The van der Waals surface area contributed by atoms with Crippen molar-refractivity contribution in [2.75, 3.05) is 33.3 Å². The van der Waals surface area contributed by atoms with Crippen LogP contribution in [0.5, 0.6) is 5.75 Å². The van der Waals surface area contributed by atoms with Crippen LogP contribution >= 0.6 is 0 Å². The number of hydrogen-bond acceptors (Lipinski definition) is 4. The van der Waals surface area contributed by atoms with E-state index in [2.05, 4.69) is 52.0 Å². The highest BCUT2D eigenvalue weighted by Crippen LogP contribution is 2.28. The summed E-state index contributed by atoms with van der Waals surface area (Å²) in [4.78, 5) is 7.47. The summed E-state index contributed by atoms with van der Waals surface area (Å²) in [5.74, 6) is 0.869. The minimum atomic E-state index is 0.869. The number of benzene rings is 1. The van der Waals surface area contributed by atoms with Crippen molar-refractivity contribution in [3.63, 3.8) is 0 Å². The third-order valence-electron chi connectivity index (χ3n) is 5.03. The molecular formula is C21H26N4O. The average Bonchev–Trinajstić information content (AvgIpc) is 2.83. The Morgan fingerprint density at radius 3 is 2.73 bits per heavy atom. The first-order valence-corrected chi connectivity index (χ1v) is 9.30. The second-order valence-electron chi connectivity index (χ2n) is 6.95. The molecule has 2 aromatic heterocycles. The molecule has 4 rings (SSSR count). The van der Waals surface area contributed by atoms with Crippen molar-refractivity contribution in [3.05, 3.63) is 53.9 Å². The highest BCUT2D eigenvalue weighted by atomic mass is 16.5. The number of hydrogen-bond donors (Lipinski definition) is 1. The van der Waals surface area contributed by atoms with Gasteiger partial charge in [-0.05, 0) is 62.3 Å². The summed E-state index contributed by atoms with van der Waals surface area (Å²) in [6.07, 6.45) is 3.38. The molecule has 0 saturated carbocycles. The number of ether oxygens (including phenoxy) is 1. The predicted octanol–water partition coefficient (Wildman–Crippen LogP) is 3.11. The van der Waals surface area contributed by atoms with E-state index in [0.29, 0.717) is 0 Å². The molecule has 1 saturated heterocycles. The van der Waals surface area contributed by atoms with Crippen LogP contribution in [0.1, 0.15) is 17.7 Å². The summed E-state index contributed by atoms with van der Waals surface area (Å²) in [5.41, 5.74) is 5.71. The third-order valence-corrected chi connectivity index (χ3v) is 5.03. The van der Waals surface area contributed by atoms with Gasteiger partial charge in [-0.15, -0.1) is 0 Å². The summed E-state index contributed by atoms with van der Waals surface area (Å²) >= 11 is 0. The van der Waals surface area contributed by atoms with Gasteiger partial charge in [-0.1, -0.05) is 6.07 Å². The molecule has 5 nitrogen and oxygen atoms in total. The van der Waals surface area contributed by atoms with Gasteiger partial charge in [0.2, 0.25) is 0 Å². The molecule has 1 aromatic carbocycles. The Labute approximate surface area is 154 Å². The lowest BCUT2D eigenvalue weighted by molar-refractivity contribution is 0.281. The van der Waals surface area contributed by atoms with E-state index in [1.807, 2.05) is 12.1 Å². The van der Waals surface area contributed by atoms with E-state index in [1.165, 1.54) is 17.7 Å². The van der Waals surface area contributed by atoms with Gasteiger partial charge < -0.3 is 14.5 Å². The van der Waals surface area contributed by atoms with Crippen molar-refractivity contribution in [3.8, 4) is 17.0 Å². The van der Waals surface area contributed by atoms with Crippen LogP contribution in [-0.2, 0) is 6.54 Å². The first kappa shape index (κ1) is 17.1. The largest absolute Gasteiger partial charge is 0.497 e. The van der Waals surface area contributed by atoms with E-state index in [0.717, 1.165) is 55.4 Å². The number of aromatic nitrogens is 2. The minimum Gasteiger partial charge on any atom is -0.497 e. The van der Waals surface area contributed by atoms with Gasteiger partial charge in [-0.3, -0.25) is 4.90 Å². The van der Waals surface area contributed by atoms with E-state index < -0.39 is 0 Å². The van der Waals surface area contributed by atoms with Crippen LogP contribution < -0.4 is 10.1 Å². The number of imidazole rings is 1. The Bertz CT molecular complexity index is 877. The van der Waals surface area contributed by atoms with Crippen molar-refractivity contribution in [1.82, 2.24) is 19.6 Å². The summed E-state index contributed by atoms with van der Waals surface area (Å²) in [7, 11) is 1.70. The van der Waals surface area contributed by atoms with E-state index in [-0.39, 0.29) is 0 Å². The van der Waals surface area contributed by atoms with Crippen molar-refractivity contribution >= 4 is 5.65 Å². The Kier molecular flexibility index (Phi) is 4.91. The highest BCUT2D eigenvalue weighted by Gasteiger charge is 2.18. The summed E-state index contributed by atoms with van der Waals surface area (Å²) in [5, 5.41) is 3.48. The summed E-state index contributed by atoms with van der Waals surface area (Å²) < 4.78 is 7.56. The van der Waals surface area contributed by atoms with Gasteiger partial charge in [-0.25, -0.2) is 4.98 Å². The molecule has 1 fully saturated rings. The molecule has 3 aromatic rings. The van der Waals surface area contributed by atoms with Gasteiger partial charge in [0.15, 0.2) is 0 Å². The molecule has 3 heterocycles.